The smallest absolute Gasteiger partial charge is 0.133 e. The molecular formula is C12H6F4O. The Labute approximate surface area is 94.3 Å². The number of ether oxygens (including phenoxy) is 1. The van der Waals surface area contributed by atoms with Crippen molar-refractivity contribution in [1.82, 2.24) is 0 Å². The molecule has 88 valence electrons. The van der Waals surface area contributed by atoms with Gasteiger partial charge in [-0.2, -0.15) is 0 Å². The molecule has 1 nitrogen and oxygen atoms in total. The Kier molecular flexibility index (Phi) is 2.99. The molecule has 0 bridgehead atoms. The molecule has 0 spiro atoms. The second kappa shape index (κ2) is 4.45. The summed E-state index contributed by atoms with van der Waals surface area (Å²) < 4.78 is 56.2. The van der Waals surface area contributed by atoms with E-state index >= 15 is 0 Å². The minimum atomic E-state index is -0.836. The lowest BCUT2D eigenvalue weighted by atomic mass is 10.3. The molecule has 5 heteroatoms. The summed E-state index contributed by atoms with van der Waals surface area (Å²) in [5.74, 6) is -3.69. The summed E-state index contributed by atoms with van der Waals surface area (Å²) in [4.78, 5) is 0. The topological polar surface area (TPSA) is 9.23 Å². The minimum Gasteiger partial charge on any atom is -0.457 e. The number of hydrogen-bond donors (Lipinski definition) is 0. The number of halogens is 4. The fourth-order valence-corrected chi connectivity index (χ4v) is 1.31. The summed E-state index contributed by atoms with van der Waals surface area (Å²) in [6.07, 6.45) is 0. The van der Waals surface area contributed by atoms with Gasteiger partial charge in [-0.15, -0.1) is 0 Å². The maximum Gasteiger partial charge on any atom is 0.133 e. The van der Waals surface area contributed by atoms with Crippen molar-refractivity contribution >= 4 is 0 Å². The van der Waals surface area contributed by atoms with E-state index in [0.29, 0.717) is 12.1 Å². The molecule has 0 aromatic heterocycles. The lowest BCUT2D eigenvalue weighted by molar-refractivity contribution is 0.457. The maximum absolute atomic E-state index is 12.8. The molecule has 0 aliphatic rings. The number of benzene rings is 2. The molecule has 2 aromatic carbocycles. The molecule has 17 heavy (non-hydrogen) atoms. The van der Waals surface area contributed by atoms with E-state index in [-0.39, 0.29) is 11.5 Å². The zero-order valence-corrected chi connectivity index (χ0v) is 8.38. The predicted molar refractivity (Wildman–Crippen MR) is 52.8 cm³/mol. The van der Waals surface area contributed by atoms with Crippen molar-refractivity contribution in [1.29, 1.82) is 0 Å². The van der Waals surface area contributed by atoms with Gasteiger partial charge < -0.3 is 4.74 Å². The fourth-order valence-electron chi connectivity index (χ4n) is 1.31. The normalized spacial score (nSPS) is 10.4. The van der Waals surface area contributed by atoms with Crippen LogP contribution in [-0.4, -0.2) is 0 Å². The first kappa shape index (κ1) is 11.4. The molecule has 2 rings (SSSR count). The van der Waals surface area contributed by atoms with Crippen LogP contribution in [0, 0.1) is 23.3 Å². The Balaban J connectivity index is 2.31. The van der Waals surface area contributed by atoms with Crippen LogP contribution in [-0.2, 0) is 0 Å². The monoisotopic (exact) mass is 242 g/mol. The van der Waals surface area contributed by atoms with Crippen molar-refractivity contribution in [2.75, 3.05) is 0 Å². The average Bonchev–Trinajstić information content (AvgIpc) is 2.13. The van der Waals surface area contributed by atoms with E-state index in [1.807, 2.05) is 0 Å². The summed E-state index contributed by atoms with van der Waals surface area (Å²) in [6, 6.07) is 4.97. The van der Waals surface area contributed by atoms with Crippen molar-refractivity contribution in [3.8, 4) is 11.5 Å². The molecule has 0 saturated heterocycles. The van der Waals surface area contributed by atoms with Crippen LogP contribution in [0.25, 0.3) is 0 Å². The molecule has 0 fully saturated rings. The van der Waals surface area contributed by atoms with Crippen LogP contribution in [0.2, 0.25) is 0 Å². The summed E-state index contributed by atoms with van der Waals surface area (Å²) >= 11 is 0. The Morgan fingerprint density at radius 2 is 0.824 bits per heavy atom. The summed E-state index contributed by atoms with van der Waals surface area (Å²) in [7, 11) is 0. The van der Waals surface area contributed by atoms with Crippen LogP contribution < -0.4 is 4.74 Å². The zero-order chi connectivity index (χ0) is 12.4. The molecule has 0 heterocycles. The zero-order valence-electron chi connectivity index (χ0n) is 8.38. The molecule has 0 radical (unpaired) electrons. The highest BCUT2D eigenvalue weighted by atomic mass is 19.1. The van der Waals surface area contributed by atoms with Gasteiger partial charge in [-0.05, 0) is 0 Å². The molecule has 0 atom stereocenters. The highest BCUT2D eigenvalue weighted by Crippen LogP contribution is 2.24. The molecule has 2 aromatic rings. The third-order valence-corrected chi connectivity index (χ3v) is 1.91. The first-order chi connectivity index (χ1) is 8.02. The van der Waals surface area contributed by atoms with Crippen molar-refractivity contribution < 1.29 is 22.3 Å². The molecule has 0 saturated carbocycles. The van der Waals surface area contributed by atoms with Gasteiger partial charge in [0.15, 0.2) is 0 Å². The molecule has 0 unspecified atom stereocenters. The van der Waals surface area contributed by atoms with E-state index < -0.39 is 23.3 Å². The van der Waals surface area contributed by atoms with Gasteiger partial charge in [0.1, 0.15) is 34.8 Å². The van der Waals surface area contributed by atoms with Crippen LogP contribution >= 0.6 is 0 Å². The third kappa shape index (κ3) is 2.96. The maximum atomic E-state index is 12.8. The van der Waals surface area contributed by atoms with Crippen LogP contribution in [0.3, 0.4) is 0 Å². The molecule has 0 aliphatic carbocycles. The van der Waals surface area contributed by atoms with Crippen LogP contribution in [0.1, 0.15) is 0 Å². The van der Waals surface area contributed by atoms with Crippen molar-refractivity contribution in [2.45, 2.75) is 0 Å². The first-order valence-electron chi connectivity index (χ1n) is 4.63. The molecule has 0 aliphatic heterocycles. The largest absolute Gasteiger partial charge is 0.457 e. The molecule has 0 N–H and O–H groups in total. The first-order valence-corrected chi connectivity index (χ1v) is 4.63. The minimum absolute atomic E-state index is 0.174. The Morgan fingerprint density at radius 3 is 1.12 bits per heavy atom. The fraction of sp³-hybridized carbons (Fsp3) is 0. The van der Waals surface area contributed by atoms with E-state index in [1.165, 1.54) is 0 Å². The SMILES string of the molecule is Fc1cc(F)cc(Oc2cc(F)cc(F)c2)c1. The van der Waals surface area contributed by atoms with E-state index in [2.05, 4.69) is 0 Å². The van der Waals surface area contributed by atoms with Gasteiger partial charge in [-0.1, -0.05) is 0 Å². The lowest BCUT2D eigenvalue weighted by Crippen LogP contribution is -1.89. The van der Waals surface area contributed by atoms with Gasteiger partial charge in [0.2, 0.25) is 0 Å². The predicted octanol–water partition coefficient (Wildman–Crippen LogP) is 4.04. The van der Waals surface area contributed by atoms with Crippen LogP contribution in [0.5, 0.6) is 11.5 Å². The highest BCUT2D eigenvalue weighted by Gasteiger charge is 2.05. The number of rotatable bonds is 2. The van der Waals surface area contributed by atoms with E-state index in [9.17, 15) is 17.6 Å². The molecular weight excluding hydrogens is 236 g/mol. The van der Waals surface area contributed by atoms with Gasteiger partial charge >= 0.3 is 0 Å². The quantitative estimate of drug-likeness (QED) is 0.722. The Bertz CT molecular complexity index is 464. The summed E-state index contributed by atoms with van der Waals surface area (Å²) in [5, 5.41) is 0. The standard InChI is InChI=1S/C12H6F4O/c13-7-1-8(14)4-11(3-7)17-12-5-9(15)2-10(16)6-12/h1-6H. The van der Waals surface area contributed by atoms with E-state index in [1.54, 1.807) is 0 Å². The summed E-state index contributed by atoms with van der Waals surface area (Å²) in [6.45, 7) is 0. The molecule has 0 amide bonds. The van der Waals surface area contributed by atoms with Gasteiger partial charge in [0.25, 0.3) is 0 Å². The second-order valence-electron chi connectivity index (χ2n) is 3.31. The number of hydrogen-bond acceptors (Lipinski definition) is 1. The van der Waals surface area contributed by atoms with Gasteiger partial charge in [-0.3, -0.25) is 0 Å². The van der Waals surface area contributed by atoms with Crippen LogP contribution in [0.15, 0.2) is 36.4 Å². The van der Waals surface area contributed by atoms with Crippen molar-refractivity contribution in [3.05, 3.63) is 59.7 Å². The van der Waals surface area contributed by atoms with E-state index in [4.69, 9.17) is 4.74 Å². The second-order valence-corrected chi connectivity index (χ2v) is 3.31. The Morgan fingerprint density at radius 1 is 0.529 bits per heavy atom. The van der Waals surface area contributed by atoms with Crippen molar-refractivity contribution in [3.63, 3.8) is 0 Å². The highest BCUT2D eigenvalue weighted by molar-refractivity contribution is 5.32. The average molecular weight is 242 g/mol. The lowest BCUT2D eigenvalue weighted by Gasteiger charge is -2.06. The summed E-state index contributed by atoms with van der Waals surface area (Å²) in [5.41, 5.74) is 0. The van der Waals surface area contributed by atoms with Crippen LogP contribution in [0.4, 0.5) is 17.6 Å². The van der Waals surface area contributed by atoms with Gasteiger partial charge in [-0.25, -0.2) is 17.6 Å². The third-order valence-electron chi connectivity index (χ3n) is 1.91. The van der Waals surface area contributed by atoms with E-state index in [0.717, 1.165) is 24.3 Å². The van der Waals surface area contributed by atoms with Gasteiger partial charge in [0, 0.05) is 36.4 Å². The van der Waals surface area contributed by atoms with Gasteiger partial charge in [0.05, 0.1) is 0 Å². The van der Waals surface area contributed by atoms with Crippen molar-refractivity contribution in [2.24, 2.45) is 0 Å². The Hall–Kier alpha value is -2.04.